The Bertz CT molecular complexity index is 953. The van der Waals surface area contributed by atoms with Gasteiger partial charge < -0.3 is 14.4 Å². The first-order valence-corrected chi connectivity index (χ1v) is 8.55. The highest BCUT2D eigenvalue weighted by molar-refractivity contribution is 6.29. The normalized spacial score (nSPS) is 16.6. The Morgan fingerprint density at radius 2 is 1.96 bits per heavy atom. The van der Waals surface area contributed by atoms with Gasteiger partial charge in [-0.2, -0.15) is 0 Å². The average molecular weight is 373 g/mol. The smallest absolute Gasteiger partial charge is 0.338 e. The van der Waals surface area contributed by atoms with Crippen LogP contribution in [0.15, 0.2) is 24.4 Å². The summed E-state index contributed by atoms with van der Waals surface area (Å²) in [6.07, 6.45) is 3.10. The molecule has 1 spiro atoms. The number of rotatable bonds is 3. The van der Waals surface area contributed by atoms with Gasteiger partial charge in [-0.15, -0.1) is 0 Å². The van der Waals surface area contributed by atoms with Gasteiger partial charge >= 0.3 is 5.97 Å². The van der Waals surface area contributed by atoms with Crippen molar-refractivity contribution in [1.29, 1.82) is 0 Å². The van der Waals surface area contributed by atoms with Gasteiger partial charge in [0.1, 0.15) is 10.9 Å². The number of nitrogens with zero attached hydrogens (tertiary/aromatic N) is 2. The number of carbonyl (C=O) groups excluding carboxylic acids is 2. The fourth-order valence-electron chi connectivity index (χ4n) is 3.70. The van der Waals surface area contributed by atoms with Crippen LogP contribution in [0.3, 0.4) is 0 Å². The molecule has 0 bridgehead atoms. The molecule has 2 aromatic rings. The van der Waals surface area contributed by atoms with Crippen molar-refractivity contribution in [3.63, 3.8) is 0 Å². The molecular formula is C19H17ClN2O4. The zero-order chi connectivity index (χ0) is 18.6. The molecule has 0 atom stereocenters. The second-order valence-electron chi connectivity index (χ2n) is 6.56. The lowest BCUT2D eigenvalue weighted by Crippen LogP contribution is -2.27. The molecule has 0 unspecified atom stereocenters. The third-order valence-electron chi connectivity index (χ3n) is 5.23. The van der Waals surface area contributed by atoms with Gasteiger partial charge in [0.05, 0.1) is 31.4 Å². The number of halogens is 1. The van der Waals surface area contributed by atoms with Gasteiger partial charge in [0, 0.05) is 23.9 Å². The Labute approximate surface area is 155 Å². The van der Waals surface area contributed by atoms with E-state index in [4.69, 9.17) is 21.1 Å². The fourth-order valence-corrected chi connectivity index (χ4v) is 3.85. The molecule has 1 aliphatic heterocycles. The highest BCUT2D eigenvalue weighted by atomic mass is 35.5. The largest absolute Gasteiger partial charge is 0.494 e. The number of pyridine rings is 1. The van der Waals surface area contributed by atoms with Crippen molar-refractivity contribution < 1.29 is 19.1 Å². The lowest BCUT2D eigenvalue weighted by atomic mass is 9.91. The Balaban J connectivity index is 2.01. The SMILES string of the molecule is COC(=O)c1cc2c(cc1-c1cc(Cl)ncc1OC)N(C)C(=O)C21CC1. The number of carbonyl (C=O) groups is 2. The summed E-state index contributed by atoms with van der Waals surface area (Å²) in [4.78, 5) is 30.8. The minimum atomic E-state index is -0.481. The zero-order valence-electron chi connectivity index (χ0n) is 14.6. The Hall–Kier alpha value is -2.60. The van der Waals surface area contributed by atoms with Crippen molar-refractivity contribution in [2.45, 2.75) is 18.3 Å². The molecule has 1 saturated carbocycles. The first kappa shape index (κ1) is 16.8. The molecule has 4 rings (SSSR count). The van der Waals surface area contributed by atoms with Crippen molar-refractivity contribution in [3.05, 3.63) is 40.7 Å². The van der Waals surface area contributed by atoms with E-state index in [1.807, 2.05) is 6.07 Å². The molecular weight excluding hydrogens is 356 g/mol. The van der Waals surface area contributed by atoms with Crippen molar-refractivity contribution >= 4 is 29.2 Å². The lowest BCUT2D eigenvalue weighted by Gasteiger charge is -2.16. The van der Waals surface area contributed by atoms with Crippen LogP contribution in [0.5, 0.6) is 5.75 Å². The summed E-state index contributed by atoms with van der Waals surface area (Å²) >= 11 is 6.07. The number of aromatic nitrogens is 1. The first-order chi connectivity index (χ1) is 12.4. The Kier molecular flexibility index (Phi) is 3.70. The van der Waals surface area contributed by atoms with Crippen LogP contribution in [0.1, 0.15) is 28.8 Å². The van der Waals surface area contributed by atoms with Gasteiger partial charge in [-0.1, -0.05) is 11.6 Å². The lowest BCUT2D eigenvalue weighted by molar-refractivity contribution is -0.119. The van der Waals surface area contributed by atoms with E-state index in [0.29, 0.717) is 22.4 Å². The number of amides is 1. The van der Waals surface area contributed by atoms with E-state index in [1.54, 1.807) is 24.1 Å². The molecule has 6 nitrogen and oxygen atoms in total. The standard InChI is InChI=1S/C19H17ClN2O4/c1-22-14-7-10(11-8-16(20)21-9-15(11)25-2)12(17(23)26-3)6-13(14)19(4-5-19)18(22)24/h6-9H,4-5H2,1-3H3. The van der Waals surface area contributed by atoms with E-state index in [0.717, 1.165) is 24.1 Å². The minimum absolute atomic E-state index is 0.0696. The van der Waals surface area contributed by atoms with Crippen LogP contribution in [-0.2, 0) is 14.9 Å². The molecule has 1 aromatic heterocycles. The van der Waals surface area contributed by atoms with E-state index in [1.165, 1.54) is 20.4 Å². The van der Waals surface area contributed by atoms with Crippen LogP contribution in [-0.4, -0.2) is 38.1 Å². The third-order valence-corrected chi connectivity index (χ3v) is 5.43. The van der Waals surface area contributed by atoms with Crippen LogP contribution in [0.2, 0.25) is 5.15 Å². The van der Waals surface area contributed by atoms with Gasteiger partial charge in [0.2, 0.25) is 5.91 Å². The van der Waals surface area contributed by atoms with Gasteiger partial charge in [-0.3, -0.25) is 4.79 Å². The van der Waals surface area contributed by atoms with Crippen molar-refractivity contribution in [2.24, 2.45) is 0 Å². The van der Waals surface area contributed by atoms with Gasteiger partial charge in [0.25, 0.3) is 0 Å². The van der Waals surface area contributed by atoms with Crippen LogP contribution in [0.25, 0.3) is 11.1 Å². The van der Waals surface area contributed by atoms with E-state index in [-0.39, 0.29) is 11.1 Å². The predicted octanol–water partition coefficient (Wildman–Crippen LogP) is 3.21. The van der Waals surface area contributed by atoms with Crippen molar-refractivity contribution in [2.75, 3.05) is 26.2 Å². The van der Waals surface area contributed by atoms with Crippen LogP contribution < -0.4 is 9.64 Å². The monoisotopic (exact) mass is 372 g/mol. The van der Waals surface area contributed by atoms with Gasteiger partial charge in [-0.05, 0) is 36.6 Å². The predicted molar refractivity (Wildman–Crippen MR) is 96.9 cm³/mol. The summed E-state index contributed by atoms with van der Waals surface area (Å²) in [5.74, 6) is 0.0726. The maximum absolute atomic E-state index is 12.7. The number of hydrogen-bond acceptors (Lipinski definition) is 5. The van der Waals surface area contributed by atoms with Gasteiger partial charge in [0.15, 0.2) is 0 Å². The van der Waals surface area contributed by atoms with Crippen LogP contribution >= 0.6 is 11.6 Å². The number of fused-ring (bicyclic) bond motifs is 2. The summed E-state index contributed by atoms with van der Waals surface area (Å²) in [6, 6.07) is 5.25. The van der Waals surface area contributed by atoms with Crippen LogP contribution in [0, 0.1) is 0 Å². The molecule has 0 N–H and O–H groups in total. The molecule has 1 fully saturated rings. The second-order valence-corrected chi connectivity index (χ2v) is 6.95. The van der Waals surface area contributed by atoms with Gasteiger partial charge in [-0.25, -0.2) is 9.78 Å². The molecule has 7 heteroatoms. The molecule has 0 saturated heterocycles. The molecule has 1 amide bonds. The number of esters is 1. The average Bonchev–Trinajstić information content (AvgIpc) is 3.43. The van der Waals surface area contributed by atoms with E-state index >= 15 is 0 Å². The molecule has 134 valence electrons. The zero-order valence-corrected chi connectivity index (χ0v) is 15.4. The number of benzene rings is 1. The number of likely N-dealkylation sites (N-methyl/N-ethyl adjacent to an activating group) is 1. The molecule has 0 radical (unpaired) electrons. The van der Waals surface area contributed by atoms with E-state index < -0.39 is 11.4 Å². The fraction of sp³-hybridized carbons (Fsp3) is 0.316. The Morgan fingerprint density at radius 3 is 2.58 bits per heavy atom. The highest BCUT2D eigenvalue weighted by Crippen LogP contribution is 2.58. The Morgan fingerprint density at radius 1 is 1.23 bits per heavy atom. The molecule has 2 aliphatic rings. The topological polar surface area (TPSA) is 68.7 Å². The summed E-state index contributed by atoms with van der Waals surface area (Å²) in [5, 5.41) is 0.278. The van der Waals surface area contributed by atoms with Crippen LogP contribution in [0.4, 0.5) is 5.69 Å². The maximum Gasteiger partial charge on any atom is 0.338 e. The molecule has 1 aromatic carbocycles. The van der Waals surface area contributed by atoms with Crippen molar-refractivity contribution in [1.82, 2.24) is 4.98 Å². The second kappa shape index (κ2) is 5.71. The quantitative estimate of drug-likeness (QED) is 0.611. The summed E-state index contributed by atoms with van der Waals surface area (Å²) in [6.45, 7) is 0. The summed E-state index contributed by atoms with van der Waals surface area (Å²) in [5.41, 5.74) is 2.78. The maximum atomic E-state index is 12.7. The number of anilines is 1. The van der Waals surface area contributed by atoms with Crippen molar-refractivity contribution in [3.8, 4) is 16.9 Å². The highest BCUT2D eigenvalue weighted by Gasteiger charge is 2.58. The third kappa shape index (κ3) is 2.22. The van der Waals surface area contributed by atoms with E-state index in [9.17, 15) is 9.59 Å². The molecule has 1 aliphatic carbocycles. The summed E-state index contributed by atoms with van der Waals surface area (Å²) < 4.78 is 10.4. The molecule has 26 heavy (non-hydrogen) atoms. The number of methoxy groups -OCH3 is 2. The number of ether oxygens (including phenoxy) is 2. The first-order valence-electron chi connectivity index (χ1n) is 8.18. The summed E-state index contributed by atoms with van der Waals surface area (Å²) in [7, 11) is 4.61. The van der Waals surface area contributed by atoms with E-state index in [2.05, 4.69) is 4.98 Å². The molecule has 2 heterocycles. The minimum Gasteiger partial charge on any atom is -0.494 e. The number of hydrogen-bond donors (Lipinski definition) is 0.